The van der Waals surface area contributed by atoms with Gasteiger partial charge < -0.3 is 4.74 Å². The van der Waals surface area contributed by atoms with E-state index in [0.29, 0.717) is 6.54 Å². The standard InChI is InChI=1S/C17H24FN2O/c1-4-5-6-9-19-10-11-20(14(19)2)13-15-12-16(18)7-8-17(15)21-3/h7-8,10-12H,4-6,9,13H2,1-3H3/q+1. The van der Waals surface area contributed by atoms with Crippen molar-refractivity contribution < 1.29 is 13.7 Å². The number of aryl methyl sites for hydroxylation is 1. The van der Waals surface area contributed by atoms with E-state index in [-0.39, 0.29) is 5.82 Å². The minimum atomic E-state index is -0.230. The van der Waals surface area contributed by atoms with Crippen LogP contribution in [0.5, 0.6) is 5.75 Å². The Labute approximate surface area is 126 Å². The van der Waals surface area contributed by atoms with Crippen LogP contribution in [-0.2, 0) is 13.1 Å². The Morgan fingerprint density at radius 1 is 1.29 bits per heavy atom. The second-order valence-corrected chi connectivity index (χ2v) is 5.33. The summed E-state index contributed by atoms with van der Waals surface area (Å²) in [6.45, 7) is 5.96. The van der Waals surface area contributed by atoms with Crippen LogP contribution in [0.2, 0.25) is 0 Å². The van der Waals surface area contributed by atoms with Crippen LogP contribution >= 0.6 is 0 Å². The molecule has 0 spiro atoms. The molecule has 4 heteroatoms. The van der Waals surface area contributed by atoms with Gasteiger partial charge in [-0.2, -0.15) is 0 Å². The van der Waals surface area contributed by atoms with Gasteiger partial charge in [0.2, 0.25) is 0 Å². The summed E-state index contributed by atoms with van der Waals surface area (Å²) in [5.74, 6) is 1.67. The lowest BCUT2D eigenvalue weighted by Gasteiger charge is -2.07. The molecule has 0 aliphatic rings. The average molecular weight is 291 g/mol. The van der Waals surface area contributed by atoms with Gasteiger partial charge in [0, 0.05) is 12.5 Å². The summed E-state index contributed by atoms with van der Waals surface area (Å²) in [5.41, 5.74) is 0.858. The summed E-state index contributed by atoms with van der Waals surface area (Å²) in [5, 5.41) is 0. The first-order chi connectivity index (χ1) is 10.2. The monoisotopic (exact) mass is 291 g/mol. The van der Waals surface area contributed by atoms with Crippen LogP contribution in [0, 0.1) is 12.7 Å². The van der Waals surface area contributed by atoms with E-state index in [0.717, 1.165) is 17.9 Å². The molecule has 0 atom stereocenters. The van der Waals surface area contributed by atoms with Crippen LogP contribution < -0.4 is 9.30 Å². The van der Waals surface area contributed by atoms with Gasteiger partial charge in [-0.1, -0.05) is 13.3 Å². The van der Waals surface area contributed by atoms with Crippen molar-refractivity contribution in [3.63, 3.8) is 0 Å². The fourth-order valence-corrected chi connectivity index (χ4v) is 2.53. The summed E-state index contributed by atoms with van der Waals surface area (Å²) >= 11 is 0. The van der Waals surface area contributed by atoms with Crippen molar-refractivity contribution in [2.75, 3.05) is 7.11 Å². The first-order valence-electron chi connectivity index (χ1n) is 7.53. The van der Waals surface area contributed by atoms with Gasteiger partial charge in [-0.3, -0.25) is 0 Å². The lowest BCUT2D eigenvalue weighted by Crippen LogP contribution is -2.36. The van der Waals surface area contributed by atoms with Crippen LogP contribution in [-0.4, -0.2) is 11.7 Å². The largest absolute Gasteiger partial charge is 0.496 e. The molecule has 0 saturated carbocycles. The minimum absolute atomic E-state index is 0.230. The molecule has 0 unspecified atom stereocenters. The summed E-state index contributed by atoms with van der Waals surface area (Å²) in [4.78, 5) is 0. The Morgan fingerprint density at radius 3 is 2.81 bits per heavy atom. The number of hydrogen-bond donors (Lipinski definition) is 0. The Bertz CT molecular complexity index is 592. The van der Waals surface area contributed by atoms with Crippen LogP contribution in [0.15, 0.2) is 30.6 Å². The lowest BCUT2D eigenvalue weighted by atomic mass is 10.2. The number of unbranched alkanes of at least 4 members (excludes halogenated alkanes) is 2. The van der Waals surface area contributed by atoms with E-state index in [9.17, 15) is 4.39 Å². The zero-order chi connectivity index (χ0) is 15.2. The highest BCUT2D eigenvalue weighted by Gasteiger charge is 2.14. The van der Waals surface area contributed by atoms with E-state index in [4.69, 9.17) is 4.74 Å². The second-order valence-electron chi connectivity index (χ2n) is 5.33. The molecule has 114 valence electrons. The van der Waals surface area contributed by atoms with Gasteiger partial charge in [0.15, 0.2) is 0 Å². The van der Waals surface area contributed by atoms with Gasteiger partial charge in [0.05, 0.1) is 13.7 Å². The summed E-state index contributed by atoms with van der Waals surface area (Å²) in [6.07, 6.45) is 7.80. The lowest BCUT2D eigenvalue weighted by molar-refractivity contribution is -0.694. The van der Waals surface area contributed by atoms with Crippen molar-refractivity contribution in [2.24, 2.45) is 0 Å². The van der Waals surface area contributed by atoms with Gasteiger partial charge in [-0.25, -0.2) is 13.5 Å². The smallest absolute Gasteiger partial charge is 0.253 e. The number of imidazole rings is 1. The van der Waals surface area contributed by atoms with Gasteiger partial charge in [0.25, 0.3) is 5.82 Å². The molecule has 3 nitrogen and oxygen atoms in total. The first-order valence-corrected chi connectivity index (χ1v) is 7.53. The molecule has 2 rings (SSSR count). The molecule has 0 amide bonds. The van der Waals surface area contributed by atoms with Crippen molar-refractivity contribution in [1.29, 1.82) is 0 Å². The predicted molar refractivity (Wildman–Crippen MR) is 80.9 cm³/mol. The average Bonchev–Trinajstić information content (AvgIpc) is 2.81. The van der Waals surface area contributed by atoms with Crippen LogP contribution in [0.1, 0.15) is 37.6 Å². The number of nitrogens with zero attached hydrogens (tertiary/aromatic N) is 2. The van der Waals surface area contributed by atoms with E-state index >= 15 is 0 Å². The van der Waals surface area contributed by atoms with Gasteiger partial charge in [-0.05, 0) is 31.0 Å². The third-order valence-corrected chi connectivity index (χ3v) is 3.84. The zero-order valence-electron chi connectivity index (χ0n) is 13.1. The Balaban J connectivity index is 2.15. The quantitative estimate of drug-likeness (QED) is 0.564. The normalized spacial score (nSPS) is 10.9. The Morgan fingerprint density at radius 2 is 2.10 bits per heavy atom. The maximum absolute atomic E-state index is 13.4. The Hall–Kier alpha value is -1.84. The molecular weight excluding hydrogens is 267 g/mol. The molecule has 0 aliphatic carbocycles. The molecule has 0 fully saturated rings. The predicted octanol–water partition coefficient (Wildman–Crippen LogP) is 3.47. The number of ether oxygens (including phenoxy) is 1. The van der Waals surface area contributed by atoms with E-state index < -0.39 is 0 Å². The summed E-state index contributed by atoms with van der Waals surface area (Å²) in [7, 11) is 1.62. The summed E-state index contributed by atoms with van der Waals surface area (Å²) < 4.78 is 23.1. The molecule has 0 N–H and O–H groups in total. The molecule has 0 saturated heterocycles. The van der Waals surface area contributed by atoms with E-state index in [1.807, 2.05) is 6.20 Å². The van der Waals surface area contributed by atoms with Gasteiger partial charge in [0.1, 0.15) is 30.5 Å². The molecule has 1 aromatic heterocycles. The number of halogens is 1. The highest BCUT2D eigenvalue weighted by atomic mass is 19.1. The summed E-state index contributed by atoms with van der Waals surface area (Å²) in [6, 6.07) is 4.65. The maximum Gasteiger partial charge on any atom is 0.253 e. The topological polar surface area (TPSA) is 18.0 Å². The van der Waals surface area contributed by atoms with Crippen molar-refractivity contribution in [1.82, 2.24) is 4.57 Å². The number of hydrogen-bond acceptors (Lipinski definition) is 1. The van der Waals surface area contributed by atoms with Crippen molar-refractivity contribution in [3.8, 4) is 5.75 Å². The maximum atomic E-state index is 13.4. The van der Waals surface area contributed by atoms with E-state index in [1.54, 1.807) is 19.2 Å². The molecule has 1 heterocycles. The first kappa shape index (κ1) is 15.5. The van der Waals surface area contributed by atoms with E-state index in [1.165, 1.54) is 31.2 Å². The molecule has 1 aromatic carbocycles. The number of aromatic nitrogens is 2. The van der Waals surface area contributed by atoms with Crippen LogP contribution in [0.4, 0.5) is 4.39 Å². The number of methoxy groups -OCH3 is 1. The van der Waals surface area contributed by atoms with Crippen molar-refractivity contribution >= 4 is 0 Å². The third kappa shape index (κ3) is 3.84. The highest BCUT2D eigenvalue weighted by Crippen LogP contribution is 2.19. The fraction of sp³-hybridized carbons (Fsp3) is 0.471. The van der Waals surface area contributed by atoms with Crippen LogP contribution in [0.3, 0.4) is 0 Å². The molecule has 0 aliphatic heterocycles. The third-order valence-electron chi connectivity index (χ3n) is 3.84. The second kappa shape index (κ2) is 7.25. The van der Waals surface area contributed by atoms with Crippen LogP contribution in [0.25, 0.3) is 0 Å². The Kier molecular flexibility index (Phi) is 5.37. The van der Waals surface area contributed by atoms with Crippen molar-refractivity contribution in [2.45, 2.75) is 46.2 Å². The van der Waals surface area contributed by atoms with Crippen molar-refractivity contribution in [3.05, 3.63) is 47.8 Å². The number of rotatable bonds is 7. The number of benzene rings is 1. The zero-order valence-corrected chi connectivity index (χ0v) is 13.1. The molecule has 0 bridgehead atoms. The van der Waals surface area contributed by atoms with Gasteiger partial charge >= 0.3 is 0 Å². The molecule has 21 heavy (non-hydrogen) atoms. The highest BCUT2D eigenvalue weighted by molar-refractivity contribution is 5.33. The van der Waals surface area contributed by atoms with E-state index in [2.05, 4.69) is 29.2 Å². The molecular formula is C17H24FN2O+. The minimum Gasteiger partial charge on any atom is -0.496 e. The molecule has 0 radical (unpaired) electrons. The SMILES string of the molecule is CCCCCn1cc[n+](Cc2cc(F)ccc2OC)c1C. The molecule has 2 aromatic rings. The fourth-order valence-electron chi connectivity index (χ4n) is 2.53. The van der Waals surface area contributed by atoms with Gasteiger partial charge in [-0.15, -0.1) is 0 Å².